The molecule has 2 atom stereocenters. The van der Waals surface area contributed by atoms with Crippen molar-refractivity contribution < 1.29 is 9.32 Å². The molecule has 3 N–H and O–H groups in total. The number of hydrogen-bond donors (Lipinski definition) is 2. The molecule has 0 bridgehead atoms. The quantitative estimate of drug-likeness (QED) is 0.862. The van der Waals surface area contributed by atoms with Crippen molar-refractivity contribution in [1.82, 2.24) is 15.5 Å². The maximum Gasteiger partial charge on any atom is 0.248 e. The molecule has 7 heteroatoms. The summed E-state index contributed by atoms with van der Waals surface area (Å²) in [5, 5.41) is 6.78. The van der Waals surface area contributed by atoms with Crippen molar-refractivity contribution in [3.63, 3.8) is 0 Å². The van der Waals surface area contributed by atoms with Crippen LogP contribution in [0.5, 0.6) is 0 Å². The maximum atomic E-state index is 12.2. The second kappa shape index (κ2) is 8.26. The minimum absolute atomic E-state index is 0. The van der Waals surface area contributed by atoms with Crippen molar-refractivity contribution in [3.8, 4) is 0 Å². The van der Waals surface area contributed by atoms with Crippen molar-refractivity contribution in [2.75, 3.05) is 0 Å². The lowest BCUT2D eigenvalue weighted by molar-refractivity contribution is -0.123. The number of hydrogen-bond acceptors (Lipinski definition) is 5. The molecule has 0 aliphatic heterocycles. The Hall–Kier alpha value is -1.92. The van der Waals surface area contributed by atoms with Crippen molar-refractivity contribution in [1.29, 1.82) is 0 Å². The number of nitrogens with zero attached hydrogens (tertiary/aromatic N) is 2. The molecule has 1 aromatic heterocycles. The highest BCUT2D eigenvalue weighted by Crippen LogP contribution is 2.20. The van der Waals surface area contributed by atoms with E-state index in [4.69, 9.17) is 10.3 Å². The van der Waals surface area contributed by atoms with Crippen LogP contribution in [0.25, 0.3) is 0 Å². The smallest absolute Gasteiger partial charge is 0.248 e. The van der Waals surface area contributed by atoms with Gasteiger partial charge in [0.05, 0.1) is 6.04 Å². The van der Waals surface area contributed by atoms with E-state index in [0.29, 0.717) is 18.1 Å². The normalized spacial score (nSPS) is 13.7. The molecule has 0 spiro atoms. The molecule has 1 aromatic carbocycles. The molecule has 0 saturated carbocycles. The number of aromatic nitrogens is 2. The average Bonchev–Trinajstić information content (AvgIpc) is 2.98. The van der Waals surface area contributed by atoms with Crippen LogP contribution in [0.2, 0.25) is 0 Å². The molecule has 1 heterocycles. The molecule has 0 aliphatic carbocycles. The van der Waals surface area contributed by atoms with Crippen LogP contribution in [0, 0.1) is 0 Å². The van der Waals surface area contributed by atoms with Gasteiger partial charge in [-0.3, -0.25) is 4.79 Å². The lowest BCUT2D eigenvalue weighted by atomic mass is 9.96. The van der Waals surface area contributed by atoms with E-state index in [1.165, 1.54) is 0 Å². The number of nitrogens with one attached hydrogen (secondary N) is 1. The van der Waals surface area contributed by atoms with Crippen LogP contribution in [0.4, 0.5) is 0 Å². The molecule has 0 aliphatic rings. The zero-order valence-electron chi connectivity index (χ0n) is 14.4. The molecule has 2 aromatic rings. The highest BCUT2D eigenvalue weighted by molar-refractivity contribution is 5.85. The first-order valence-electron chi connectivity index (χ1n) is 7.71. The molecule has 1 unspecified atom stereocenters. The summed E-state index contributed by atoms with van der Waals surface area (Å²) in [6, 6.07) is 8.68. The topological polar surface area (TPSA) is 94.0 Å². The molecule has 0 fully saturated rings. The Morgan fingerprint density at radius 1 is 1.29 bits per heavy atom. The van der Waals surface area contributed by atoms with Gasteiger partial charge < -0.3 is 15.6 Å². The van der Waals surface area contributed by atoms with E-state index in [-0.39, 0.29) is 29.8 Å². The largest absolute Gasteiger partial charge is 0.343 e. The van der Waals surface area contributed by atoms with E-state index in [0.717, 1.165) is 5.56 Å². The highest BCUT2D eigenvalue weighted by atomic mass is 35.5. The van der Waals surface area contributed by atoms with Gasteiger partial charge in [-0.15, -0.1) is 12.4 Å². The number of carbonyl (C=O) groups is 1. The molecule has 24 heavy (non-hydrogen) atoms. The Kier molecular flexibility index (Phi) is 6.93. The standard InChI is InChI=1S/C17H24N4O2.ClH/c1-11(15-20-16(21-23-15)17(2,3)4)19-14(22)13(18)10-12-8-6-5-7-9-12;/h5-9,11,13H,10,18H2,1-4H3,(H,19,22);1H/t11?,13-;/m0./s1. The first kappa shape index (κ1) is 20.1. The van der Waals surface area contributed by atoms with Crippen LogP contribution in [-0.2, 0) is 16.6 Å². The van der Waals surface area contributed by atoms with Gasteiger partial charge in [-0.05, 0) is 18.9 Å². The lowest BCUT2D eigenvalue weighted by Gasteiger charge is -2.15. The van der Waals surface area contributed by atoms with Crippen molar-refractivity contribution in [3.05, 3.63) is 47.6 Å². The Morgan fingerprint density at radius 3 is 2.46 bits per heavy atom. The van der Waals surface area contributed by atoms with Gasteiger partial charge in [0.2, 0.25) is 11.8 Å². The monoisotopic (exact) mass is 352 g/mol. The molecule has 0 radical (unpaired) electrons. The van der Waals surface area contributed by atoms with Crippen LogP contribution in [0.3, 0.4) is 0 Å². The van der Waals surface area contributed by atoms with Gasteiger partial charge in [-0.25, -0.2) is 0 Å². The van der Waals surface area contributed by atoms with E-state index in [9.17, 15) is 4.79 Å². The second-order valence-electron chi connectivity index (χ2n) is 6.73. The van der Waals surface area contributed by atoms with Gasteiger partial charge in [0.15, 0.2) is 5.82 Å². The number of amides is 1. The molecule has 6 nitrogen and oxygen atoms in total. The Labute approximate surface area is 148 Å². The third-order valence-corrected chi connectivity index (χ3v) is 3.48. The predicted octanol–water partition coefficient (Wildman–Crippen LogP) is 2.54. The fraction of sp³-hybridized carbons (Fsp3) is 0.471. The fourth-order valence-electron chi connectivity index (χ4n) is 2.06. The molecular weight excluding hydrogens is 328 g/mol. The van der Waals surface area contributed by atoms with Crippen LogP contribution in [-0.4, -0.2) is 22.1 Å². The molecular formula is C17H25ClN4O2. The molecule has 1 amide bonds. The number of carbonyl (C=O) groups excluding carboxylic acids is 1. The van der Waals surface area contributed by atoms with Crippen molar-refractivity contribution >= 4 is 18.3 Å². The van der Waals surface area contributed by atoms with E-state index >= 15 is 0 Å². The highest BCUT2D eigenvalue weighted by Gasteiger charge is 2.25. The van der Waals surface area contributed by atoms with Crippen LogP contribution >= 0.6 is 12.4 Å². The Morgan fingerprint density at radius 2 is 1.92 bits per heavy atom. The van der Waals surface area contributed by atoms with E-state index in [1.54, 1.807) is 6.92 Å². The van der Waals surface area contributed by atoms with E-state index in [1.807, 2.05) is 51.1 Å². The fourth-order valence-corrected chi connectivity index (χ4v) is 2.06. The minimum Gasteiger partial charge on any atom is -0.343 e. The second-order valence-corrected chi connectivity index (χ2v) is 6.73. The predicted molar refractivity (Wildman–Crippen MR) is 94.9 cm³/mol. The van der Waals surface area contributed by atoms with Gasteiger partial charge in [0.25, 0.3) is 0 Å². The summed E-state index contributed by atoms with van der Waals surface area (Å²) in [6.45, 7) is 7.80. The Balaban J connectivity index is 0.00000288. The summed E-state index contributed by atoms with van der Waals surface area (Å²) in [7, 11) is 0. The van der Waals surface area contributed by atoms with Crippen molar-refractivity contribution in [2.24, 2.45) is 5.73 Å². The van der Waals surface area contributed by atoms with Crippen molar-refractivity contribution in [2.45, 2.75) is 51.6 Å². The van der Waals surface area contributed by atoms with Gasteiger partial charge in [-0.2, -0.15) is 4.98 Å². The lowest BCUT2D eigenvalue weighted by Crippen LogP contribution is -2.43. The van der Waals surface area contributed by atoms with E-state index in [2.05, 4.69) is 15.5 Å². The third kappa shape index (κ3) is 5.32. The summed E-state index contributed by atoms with van der Waals surface area (Å²) < 4.78 is 5.24. The average molecular weight is 353 g/mol. The van der Waals surface area contributed by atoms with E-state index < -0.39 is 6.04 Å². The van der Waals surface area contributed by atoms with Crippen LogP contribution in [0.1, 0.15) is 51.0 Å². The van der Waals surface area contributed by atoms with Gasteiger partial charge in [-0.1, -0.05) is 56.3 Å². The number of rotatable bonds is 5. The summed E-state index contributed by atoms with van der Waals surface area (Å²) in [6.07, 6.45) is 0.483. The maximum absolute atomic E-state index is 12.2. The minimum atomic E-state index is -0.621. The molecule has 132 valence electrons. The van der Waals surface area contributed by atoms with Crippen LogP contribution in [0.15, 0.2) is 34.9 Å². The number of benzene rings is 1. The van der Waals surface area contributed by atoms with Gasteiger partial charge in [0, 0.05) is 5.41 Å². The summed E-state index contributed by atoms with van der Waals surface area (Å²) in [5.74, 6) is 0.759. The zero-order valence-corrected chi connectivity index (χ0v) is 15.3. The number of nitrogens with two attached hydrogens (primary N) is 1. The number of halogens is 1. The first-order valence-corrected chi connectivity index (χ1v) is 7.71. The SMILES string of the molecule is CC(NC(=O)[C@@H](N)Cc1ccccc1)c1nc(C(C)(C)C)no1.Cl. The molecule has 0 saturated heterocycles. The summed E-state index contributed by atoms with van der Waals surface area (Å²) in [4.78, 5) is 16.6. The zero-order chi connectivity index (χ0) is 17.0. The Bertz CT molecular complexity index is 652. The van der Waals surface area contributed by atoms with Crippen LogP contribution < -0.4 is 11.1 Å². The molecule has 2 rings (SSSR count). The van der Waals surface area contributed by atoms with Gasteiger partial charge >= 0.3 is 0 Å². The van der Waals surface area contributed by atoms with Gasteiger partial charge in [0.1, 0.15) is 6.04 Å². The summed E-state index contributed by atoms with van der Waals surface area (Å²) >= 11 is 0. The third-order valence-electron chi connectivity index (χ3n) is 3.48. The first-order chi connectivity index (χ1) is 10.8. The summed E-state index contributed by atoms with van der Waals surface area (Å²) in [5.41, 5.74) is 6.80.